The van der Waals surface area contributed by atoms with Crippen LogP contribution in [0.5, 0.6) is 5.75 Å². The van der Waals surface area contributed by atoms with Crippen LogP contribution in [0.2, 0.25) is 5.02 Å². The van der Waals surface area contributed by atoms with Crippen molar-refractivity contribution in [2.24, 2.45) is 0 Å². The van der Waals surface area contributed by atoms with E-state index < -0.39 is 17.6 Å². The van der Waals surface area contributed by atoms with Gasteiger partial charge in [0.25, 0.3) is 0 Å². The third-order valence-electron chi connectivity index (χ3n) is 5.18. The van der Waals surface area contributed by atoms with Crippen LogP contribution in [0.1, 0.15) is 42.5 Å². The Morgan fingerprint density at radius 2 is 1.97 bits per heavy atom. The molecule has 0 fully saturated rings. The number of benzene rings is 2. The zero-order chi connectivity index (χ0) is 25.0. The molecule has 0 spiro atoms. The summed E-state index contributed by atoms with van der Waals surface area (Å²) in [5, 5.41) is 11.4. The lowest BCUT2D eigenvalue weighted by atomic mass is 10.1. The third kappa shape index (κ3) is 6.04. The van der Waals surface area contributed by atoms with Crippen LogP contribution in [0.4, 0.5) is 18.9 Å². The van der Waals surface area contributed by atoms with Gasteiger partial charge in [0.05, 0.1) is 22.0 Å². The second-order valence-corrected chi connectivity index (χ2v) is 8.92. The Kier molecular flexibility index (Phi) is 8.14. The summed E-state index contributed by atoms with van der Waals surface area (Å²) in [6.07, 6.45) is -4.93. The Morgan fingerprint density at radius 1 is 1.24 bits per heavy atom. The van der Waals surface area contributed by atoms with Gasteiger partial charge in [0.15, 0.2) is 17.1 Å². The highest BCUT2D eigenvalue weighted by atomic mass is 35.5. The number of carbonyl (C=O) groups is 1. The minimum Gasteiger partial charge on any atom is -0.482 e. The van der Waals surface area contributed by atoms with Crippen LogP contribution in [0.25, 0.3) is 0 Å². The molecule has 182 valence electrons. The number of thioether (sulfide) groups is 1. The van der Waals surface area contributed by atoms with Crippen molar-refractivity contribution in [3.63, 3.8) is 0 Å². The van der Waals surface area contributed by atoms with Crippen molar-refractivity contribution in [2.75, 3.05) is 11.1 Å². The number of nitrogens with one attached hydrogen (secondary N) is 1. The van der Waals surface area contributed by atoms with Crippen LogP contribution < -0.4 is 10.1 Å². The zero-order valence-corrected chi connectivity index (χ0v) is 20.6. The van der Waals surface area contributed by atoms with Gasteiger partial charge in [-0.25, -0.2) is 0 Å². The molecule has 34 heavy (non-hydrogen) atoms. The van der Waals surface area contributed by atoms with E-state index in [0.29, 0.717) is 17.5 Å². The first-order chi connectivity index (χ1) is 16.0. The van der Waals surface area contributed by atoms with Crippen LogP contribution in [-0.2, 0) is 17.5 Å². The standard InChI is InChI=1S/C23H24ClF3N4O2S/c1-5-31-21(15(4)33-19-8-6-7-13(2)14(19)3)29-30-22(31)34-12-20(32)28-18-11-16(23(25,26)27)9-10-17(18)24/h6-11,15H,5,12H2,1-4H3,(H,28,32). The highest BCUT2D eigenvalue weighted by molar-refractivity contribution is 7.99. The minimum absolute atomic E-state index is 0.0165. The quantitative estimate of drug-likeness (QED) is 0.351. The number of amides is 1. The maximum Gasteiger partial charge on any atom is 0.416 e. The second-order valence-electron chi connectivity index (χ2n) is 7.57. The maximum absolute atomic E-state index is 12.9. The molecule has 1 amide bonds. The third-order valence-corrected chi connectivity index (χ3v) is 6.48. The molecule has 1 atom stereocenters. The van der Waals surface area contributed by atoms with Crippen molar-refractivity contribution in [3.05, 3.63) is 63.9 Å². The lowest BCUT2D eigenvalue weighted by Gasteiger charge is -2.17. The average molecular weight is 513 g/mol. The van der Waals surface area contributed by atoms with E-state index in [0.717, 1.165) is 46.8 Å². The number of halogens is 4. The maximum atomic E-state index is 12.9. The van der Waals surface area contributed by atoms with Gasteiger partial charge < -0.3 is 14.6 Å². The molecular formula is C23H24ClF3N4O2S. The Morgan fingerprint density at radius 3 is 2.65 bits per heavy atom. The van der Waals surface area contributed by atoms with E-state index in [1.165, 1.54) is 0 Å². The number of ether oxygens (including phenoxy) is 1. The molecule has 0 radical (unpaired) electrons. The van der Waals surface area contributed by atoms with E-state index in [1.807, 2.05) is 50.5 Å². The normalized spacial score (nSPS) is 12.5. The smallest absolute Gasteiger partial charge is 0.416 e. The van der Waals surface area contributed by atoms with E-state index in [1.54, 1.807) is 0 Å². The molecular weight excluding hydrogens is 489 g/mol. The fourth-order valence-corrected chi connectivity index (χ4v) is 4.19. The van der Waals surface area contributed by atoms with Crippen molar-refractivity contribution in [1.29, 1.82) is 0 Å². The van der Waals surface area contributed by atoms with Crippen molar-refractivity contribution >= 4 is 35.0 Å². The number of rotatable bonds is 8. The topological polar surface area (TPSA) is 69.0 Å². The van der Waals surface area contributed by atoms with Gasteiger partial charge in [-0.1, -0.05) is 35.5 Å². The van der Waals surface area contributed by atoms with Crippen LogP contribution in [0.15, 0.2) is 41.6 Å². The Labute approximate surface area is 204 Å². The molecule has 0 saturated carbocycles. The Balaban J connectivity index is 1.68. The SMILES string of the molecule is CCn1c(SCC(=O)Nc2cc(C(F)(F)F)ccc2Cl)nnc1C(C)Oc1cccc(C)c1C. The van der Waals surface area contributed by atoms with E-state index in [9.17, 15) is 18.0 Å². The van der Waals surface area contributed by atoms with Crippen molar-refractivity contribution < 1.29 is 22.7 Å². The van der Waals surface area contributed by atoms with Crippen LogP contribution in [0.3, 0.4) is 0 Å². The molecule has 3 aromatic rings. The van der Waals surface area contributed by atoms with Crippen molar-refractivity contribution in [3.8, 4) is 5.75 Å². The summed E-state index contributed by atoms with van der Waals surface area (Å²) in [5.74, 6) is 0.756. The van der Waals surface area contributed by atoms with Gasteiger partial charge in [-0.2, -0.15) is 13.2 Å². The molecule has 0 aliphatic heterocycles. The predicted molar refractivity (Wildman–Crippen MR) is 126 cm³/mol. The highest BCUT2D eigenvalue weighted by Gasteiger charge is 2.31. The molecule has 1 heterocycles. The summed E-state index contributed by atoms with van der Waals surface area (Å²) in [5.41, 5.74) is 1.16. The monoisotopic (exact) mass is 512 g/mol. The molecule has 11 heteroatoms. The minimum atomic E-state index is -4.54. The largest absolute Gasteiger partial charge is 0.482 e. The first kappa shape index (κ1) is 25.9. The van der Waals surface area contributed by atoms with Gasteiger partial charge in [-0.15, -0.1) is 10.2 Å². The molecule has 1 unspecified atom stereocenters. The first-order valence-corrected chi connectivity index (χ1v) is 11.8. The molecule has 0 saturated heterocycles. The lowest BCUT2D eigenvalue weighted by Crippen LogP contribution is -2.16. The lowest BCUT2D eigenvalue weighted by molar-refractivity contribution is -0.137. The Hall–Kier alpha value is -2.72. The fourth-order valence-electron chi connectivity index (χ4n) is 3.21. The summed E-state index contributed by atoms with van der Waals surface area (Å²) in [4.78, 5) is 12.4. The number of alkyl halides is 3. The molecule has 2 aromatic carbocycles. The first-order valence-electron chi connectivity index (χ1n) is 10.5. The predicted octanol–water partition coefficient (Wildman–Crippen LogP) is 6.46. The molecule has 1 N–H and O–H groups in total. The number of nitrogens with zero attached hydrogens (tertiary/aromatic N) is 3. The number of hydrogen-bond acceptors (Lipinski definition) is 5. The van der Waals surface area contributed by atoms with Crippen molar-refractivity contribution in [2.45, 2.75) is 51.7 Å². The highest BCUT2D eigenvalue weighted by Crippen LogP contribution is 2.34. The van der Waals surface area contributed by atoms with Gasteiger partial charge in [-0.3, -0.25) is 4.79 Å². The van der Waals surface area contributed by atoms with Gasteiger partial charge in [0.2, 0.25) is 5.91 Å². The summed E-state index contributed by atoms with van der Waals surface area (Å²) in [6.45, 7) is 8.33. The molecule has 0 aliphatic rings. The number of carbonyl (C=O) groups excluding carboxylic acids is 1. The summed E-state index contributed by atoms with van der Waals surface area (Å²) < 4.78 is 46.8. The molecule has 0 bridgehead atoms. The van der Waals surface area contributed by atoms with Gasteiger partial charge in [-0.05, 0) is 63.1 Å². The summed E-state index contributed by atoms with van der Waals surface area (Å²) in [6, 6.07) is 8.59. The summed E-state index contributed by atoms with van der Waals surface area (Å²) >= 11 is 7.07. The van der Waals surface area contributed by atoms with Crippen molar-refractivity contribution in [1.82, 2.24) is 14.8 Å². The zero-order valence-electron chi connectivity index (χ0n) is 19.0. The number of aryl methyl sites for hydroxylation is 1. The van der Waals surface area contributed by atoms with Gasteiger partial charge in [0, 0.05) is 6.54 Å². The van der Waals surface area contributed by atoms with Crippen LogP contribution >= 0.6 is 23.4 Å². The van der Waals surface area contributed by atoms with Crippen LogP contribution in [0, 0.1) is 13.8 Å². The molecule has 1 aromatic heterocycles. The number of anilines is 1. The number of aromatic nitrogens is 3. The van der Waals surface area contributed by atoms with E-state index in [-0.39, 0.29) is 22.6 Å². The van der Waals surface area contributed by atoms with Gasteiger partial charge in [0.1, 0.15) is 5.75 Å². The molecule has 0 aliphatic carbocycles. The Bertz CT molecular complexity index is 1180. The van der Waals surface area contributed by atoms with E-state index in [4.69, 9.17) is 16.3 Å². The van der Waals surface area contributed by atoms with Crippen LogP contribution in [-0.4, -0.2) is 26.4 Å². The van der Waals surface area contributed by atoms with E-state index in [2.05, 4.69) is 15.5 Å². The van der Waals surface area contributed by atoms with E-state index >= 15 is 0 Å². The van der Waals surface area contributed by atoms with Gasteiger partial charge >= 0.3 is 6.18 Å². The number of hydrogen-bond donors (Lipinski definition) is 1. The second kappa shape index (κ2) is 10.7. The molecule has 6 nitrogen and oxygen atoms in total. The average Bonchev–Trinajstić information content (AvgIpc) is 3.19. The summed E-state index contributed by atoms with van der Waals surface area (Å²) in [7, 11) is 0. The molecule has 3 rings (SSSR count). The fraction of sp³-hybridized carbons (Fsp3) is 0.348.